The molecule has 0 amide bonds. The highest BCUT2D eigenvalue weighted by Gasteiger charge is 2.28. The lowest BCUT2D eigenvalue weighted by atomic mass is 9.77. The monoisotopic (exact) mass is 847 g/mol. The van der Waals surface area contributed by atoms with Gasteiger partial charge in [-0.05, 0) is 153 Å². The number of hydrogen-bond acceptors (Lipinski definition) is 1. The van der Waals surface area contributed by atoms with Gasteiger partial charge in [-0.1, -0.05) is 207 Å². The van der Waals surface area contributed by atoms with Crippen molar-refractivity contribution in [1.29, 1.82) is 0 Å². The molecule has 0 spiro atoms. The zero-order valence-electron chi connectivity index (χ0n) is 38.3. The summed E-state index contributed by atoms with van der Waals surface area (Å²) in [6, 6.07) is 57.6. The van der Waals surface area contributed by atoms with Gasteiger partial charge in [0.05, 0.1) is 5.69 Å². The Morgan fingerprint density at radius 3 is 1.97 bits per heavy atom. The standard InChI is InChI=1S/C64H54BN/c1-5-43(2)62(53-34-32-49(33-35-53)47-20-11-7-12-21-47)64(65)44(3)45(4)66(55-39-36-51(37-40-55)50-30-28-48(29-31-50)46-18-9-6-10-19-46)61-27-16-15-25-57(61)58-26-17-23-54-42-60-56-24-14-8-13-22-52(56)38-41-59(60)63(54)58/h6,8-11,13-21,23-41H,4-5,7,12,22,42H2,1-3H3/b62-43-,64-44+. The predicted octanol–water partition coefficient (Wildman–Crippen LogP) is 17.1. The molecule has 10 rings (SSSR count). The summed E-state index contributed by atoms with van der Waals surface area (Å²) in [5, 5.41) is 0. The van der Waals surface area contributed by atoms with E-state index in [9.17, 15) is 0 Å². The molecule has 2 radical (unpaired) electrons. The minimum absolute atomic E-state index is 0.735. The Kier molecular flexibility index (Phi) is 12.0. The van der Waals surface area contributed by atoms with E-state index >= 15 is 0 Å². The van der Waals surface area contributed by atoms with E-state index in [2.05, 4.69) is 226 Å². The smallest absolute Gasteiger partial charge is 0.115 e. The maximum atomic E-state index is 7.44. The number of para-hydroxylation sites is 1. The summed E-state index contributed by atoms with van der Waals surface area (Å²) in [6.07, 6.45) is 20.7. The van der Waals surface area contributed by atoms with Gasteiger partial charge in [-0.25, -0.2) is 0 Å². The van der Waals surface area contributed by atoms with Crippen LogP contribution in [-0.2, 0) is 12.8 Å². The summed E-state index contributed by atoms with van der Waals surface area (Å²) in [5.74, 6) is 0. The number of anilines is 2. The highest BCUT2D eigenvalue weighted by Crippen LogP contribution is 2.49. The number of nitrogens with zero attached hydrogens (tertiary/aromatic N) is 1. The molecule has 7 aromatic carbocycles. The Bertz CT molecular complexity index is 3170. The van der Waals surface area contributed by atoms with Gasteiger partial charge in [-0.3, -0.25) is 0 Å². The zero-order valence-corrected chi connectivity index (χ0v) is 38.3. The molecule has 66 heavy (non-hydrogen) atoms. The molecule has 1 nitrogen and oxygen atoms in total. The van der Waals surface area contributed by atoms with Crippen molar-refractivity contribution in [2.45, 2.75) is 52.9 Å². The Balaban J connectivity index is 1.09. The third-order valence-electron chi connectivity index (χ3n) is 13.8. The van der Waals surface area contributed by atoms with Crippen LogP contribution in [0.4, 0.5) is 11.4 Å². The maximum Gasteiger partial charge on any atom is 0.115 e. The van der Waals surface area contributed by atoms with Crippen LogP contribution in [-0.4, -0.2) is 7.85 Å². The van der Waals surface area contributed by atoms with E-state index in [4.69, 9.17) is 14.4 Å². The van der Waals surface area contributed by atoms with Crippen LogP contribution < -0.4 is 4.90 Å². The van der Waals surface area contributed by atoms with E-state index in [1.807, 2.05) is 0 Å². The summed E-state index contributed by atoms with van der Waals surface area (Å²) in [4.78, 5) is 2.32. The van der Waals surface area contributed by atoms with Crippen molar-refractivity contribution in [1.82, 2.24) is 0 Å². The van der Waals surface area contributed by atoms with Crippen molar-refractivity contribution < 1.29 is 0 Å². The zero-order chi connectivity index (χ0) is 45.1. The Morgan fingerprint density at radius 1 is 0.591 bits per heavy atom. The molecule has 0 bridgehead atoms. The van der Waals surface area contributed by atoms with E-state index in [1.54, 1.807) is 0 Å². The van der Waals surface area contributed by atoms with Crippen LogP contribution in [0, 0.1) is 0 Å². The lowest BCUT2D eigenvalue weighted by Gasteiger charge is -2.32. The van der Waals surface area contributed by atoms with Gasteiger partial charge in [0.15, 0.2) is 0 Å². The fraction of sp³-hybridized carbons (Fsp3) is 0.125. The molecule has 3 aliphatic rings. The average Bonchev–Trinajstić information content (AvgIpc) is 3.59. The summed E-state index contributed by atoms with van der Waals surface area (Å²) < 4.78 is 0. The number of hydrogen-bond donors (Lipinski definition) is 0. The fourth-order valence-electron chi connectivity index (χ4n) is 10.0. The predicted molar refractivity (Wildman–Crippen MR) is 285 cm³/mol. The Morgan fingerprint density at radius 2 is 1.26 bits per heavy atom. The van der Waals surface area contributed by atoms with Crippen LogP contribution in [0.1, 0.15) is 73.4 Å². The molecule has 0 saturated heterocycles. The van der Waals surface area contributed by atoms with Crippen LogP contribution in [0.25, 0.3) is 61.7 Å². The van der Waals surface area contributed by atoms with E-state index < -0.39 is 0 Å². The molecule has 0 heterocycles. The van der Waals surface area contributed by atoms with Crippen LogP contribution in [0.5, 0.6) is 0 Å². The molecule has 318 valence electrons. The van der Waals surface area contributed by atoms with Gasteiger partial charge in [0.1, 0.15) is 7.85 Å². The van der Waals surface area contributed by atoms with E-state index in [0.29, 0.717) is 0 Å². The summed E-state index contributed by atoms with van der Waals surface area (Å²) in [6.45, 7) is 11.5. The molecule has 2 heteroatoms. The van der Waals surface area contributed by atoms with Gasteiger partial charge < -0.3 is 4.90 Å². The van der Waals surface area contributed by atoms with Crippen molar-refractivity contribution >= 4 is 36.4 Å². The molecule has 3 aliphatic carbocycles. The first-order valence-corrected chi connectivity index (χ1v) is 23.5. The quantitative estimate of drug-likeness (QED) is 0.0926. The second-order valence-corrected chi connectivity index (χ2v) is 17.7. The third kappa shape index (κ3) is 8.14. The highest BCUT2D eigenvalue weighted by molar-refractivity contribution is 6.31. The van der Waals surface area contributed by atoms with Crippen LogP contribution >= 0.6 is 0 Å². The van der Waals surface area contributed by atoms with Gasteiger partial charge in [-0.15, -0.1) is 0 Å². The molecular formula is C64H54BN. The molecule has 0 atom stereocenters. The summed E-state index contributed by atoms with van der Waals surface area (Å²) >= 11 is 0. The number of fused-ring (bicyclic) bond motifs is 5. The second kappa shape index (κ2) is 18.6. The largest absolute Gasteiger partial charge is 0.310 e. The van der Waals surface area contributed by atoms with Crippen LogP contribution in [0.15, 0.2) is 223 Å². The first kappa shape index (κ1) is 42.5. The van der Waals surface area contributed by atoms with Crippen molar-refractivity contribution in [3.8, 4) is 44.5 Å². The van der Waals surface area contributed by atoms with Gasteiger partial charge >= 0.3 is 0 Å². The number of benzene rings is 7. The first-order chi connectivity index (χ1) is 32.4. The normalized spacial score (nSPS) is 14.3. The molecule has 7 aromatic rings. The lowest BCUT2D eigenvalue weighted by molar-refractivity contribution is 1.04. The van der Waals surface area contributed by atoms with Crippen LogP contribution in [0.3, 0.4) is 0 Å². The first-order valence-electron chi connectivity index (χ1n) is 23.5. The maximum absolute atomic E-state index is 7.44. The van der Waals surface area contributed by atoms with Gasteiger partial charge in [-0.2, -0.15) is 0 Å². The fourth-order valence-corrected chi connectivity index (χ4v) is 10.0. The van der Waals surface area contributed by atoms with E-state index in [-0.39, 0.29) is 0 Å². The minimum atomic E-state index is 0.735. The number of allylic oxidation sites excluding steroid dienone is 11. The van der Waals surface area contributed by atoms with E-state index in [0.717, 1.165) is 82.5 Å². The van der Waals surface area contributed by atoms with Gasteiger partial charge in [0.2, 0.25) is 0 Å². The number of rotatable bonds is 11. The summed E-state index contributed by atoms with van der Waals surface area (Å²) in [7, 11) is 7.44. The lowest BCUT2D eigenvalue weighted by Crippen LogP contribution is -2.18. The molecule has 0 fully saturated rings. The summed E-state index contributed by atoms with van der Waals surface area (Å²) in [5.41, 5.74) is 25.7. The molecule has 0 N–H and O–H groups in total. The Hall–Kier alpha value is -7.42. The molecular weight excluding hydrogens is 794 g/mol. The van der Waals surface area contributed by atoms with Crippen molar-refractivity contribution in [2.24, 2.45) is 0 Å². The third-order valence-corrected chi connectivity index (χ3v) is 13.8. The minimum Gasteiger partial charge on any atom is -0.310 e. The van der Waals surface area contributed by atoms with Gasteiger partial charge in [0, 0.05) is 16.9 Å². The highest BCUT2D eigenvalue weighted by atomic mass is 15.2. The van der Waals surface area contributed by atoms with Crippen LogP contribution in [0.2, 0.25) is 0 Å². The van der Waals surface area contributed by atoms with Crippen molar-refractivity contribution in [3.63, 3.8) is 0 Å². The van der Waals surface area contributed by atoms with E-state index in [1.165, 1.54) is 72.3 Å². The molecule has 0 saturated carbocycles. The SMILES string of the molecule is [B]C(=C(\C)C(=C)N(c1ccc(-c2ccc(-c3ccccc3)cc2)cc1)c1ccccc1-c1cccc2c1-c1ccc3c(c1C2)C=CC=CC3)/C(=C(/C)CC)c1ccc(C2=CCCC=C2)cc1. The van der Waals surface area contributed by atoms with Gasteiger partial charge in [0.25, 0.3) is 0 Å². The molecule has 0 aliphatic heterocycles. The van der Waals surface area contributed by atoms with Crippen molar-refractivity contribution in [2.75, 3.05) is 4.90 Å². The Labute approximate surface area is 393 Å². The topological polar surface area (TPSA) is 3.24 Å². The average molecular weight is 848 g/mol. The molecule has 0 aromatic heterocycles. The second-order valence-electron chi connectivity index (χ2n) is 17.7. The molecule has 0 unspecified atom stereocenters. The van der Waals surface area contributed by atoms with Crippen molar-refractivity contribution in [3.05, 3.63) is 256 Å².